The van der Waals surface area contributed by atoms with Crippen LogP contribution in [0.2, 0.25) is 0 Å². The molecule has 2 aromatic heterocycles. The fourth-order valence-corrected chi connectivity index (χ4v) is 4.07. The van der Waals surface area contributed by atoms with E-state index in [1.54, 1.807) is 11.3 Å². The maximum atomic E-state index is 4.71. The summed E-state index contributed by atoms with van der Waals surface area (Å²) >= 11 is 5.06. The minimum absolute atomic E-state index is 0.412. The van der Waals surface area contributed by atoms with Crippen molar-refractivity contribution in [2.75, 3.05) is 0 Å². The molecule has 3 rings (SSSR count). The first-order chi connectivity index (χ1) is 8.51. The van der Waals surface area contributed by atoms with Gasteiger partial charge >= 0.3 is 0 Å². The van der Waals surface area contributed by atoms with E-state index in [0.29, 0.717) is 5.41 Å². The van der Waals surface area contributed by atoms with Gasteiger partial charge < -0.3 is 0 Å². The Labute approximate surface area is 120 Å². The van der Waals surface area contributed by atoms with Crippen LogP contribution >= 0.6 is 27.3 Å². The summed E-state index contributed by atoms with van der Waals surface area (Å²) < 4.78 is 2.96. The third-order valence-electron chi connectivity index (χ3n) is 4.54. The Morgan fingerprint density at radius 1 is 1.50 bits per heavy atom. The van der Waals surface area contributed by atoms with E-state index in [4.69, 9.17) is 4.98 Å². The molecule has 5 heteroatoms. The van der Waals surface area contributed by atoms with Gasteiger partial charge in [0.1, 0.15) is 0 Å². The van der Waals surface area contributed by atoms with Crippen LogP contribution in [-0.2, 0) is 12.8 Å². The fourth-order valence-electron chi connectivity index (χ4n) is 2.82. The molecule has 0 saturated heterocycles. The van der Waals surface area contributed by atoms with Crippen LogP contribution in [0.1, 0.15) is 45.0 Å². The summed E-state index contributed by atoms with van der Waals surface area (Å²) in [6, 6.07) is 0. The number of hydrogen-bond acceptors (Lipinski definition) is 3. The van der Waals surface area contributed by atoms with Gasteiger partial charge in [0.25, 0.3) is 0 Å². The van der Waals surface area contributed by atoms with Gasteiger partial charge in [0.15, 0.2) is 3.92 Å². The standard InChI is InChI=1S/C13H18BrN3S/c1-4-13(2,3)8-5-6-9-10(7-8)17-12(15-9)18-11(14)16-17/h8H,4-7H2,1-3H3. The van der Waals surface area contributed by atoms with E-state index in [1.165, 1.54) is 24.2 Å². The van der Waals surface area contributed by atoms with Crippen molar-refractivity contribution in [2.45, 2.75) is 46.5 Å². The summed E-state index contributed by atoms with van der Waals surface area (Å²) in [5.74, 6) is 0.746. The number of aryl methyl sites for hydroxylation is 1. The number of halogens is 1. The van der Waals surface area contributed by atoms with E-state index in [2.05, 4.69) is 41.8 Å². The number of imidazole rings is 1. The number of hydrogen-bond donors (Lipinski definition) is 0. The highest BCUT2D eigenvalue weighted by atomic mass is 79.9. The zero-order valence-corrected chi connectivity index (χ0v) is 13.4. The van der Waals surface area contributed by atoms with Crippen molar-refractivity contribution in [1.29, 1.82) is 0 Å². The van der Waals surface area contributed by atoms with Crippen molar-refractivity contribution in [2.24, 2.45) is 11.3 Å². The van der Waals surface area contributed by atoms with Gasteiger partial charge in [-0.1, -0.05) is 38.5 Å². The SMILES string of the molecule is CCC(C)(C)C1CCc2nc3sc(Br)nn3c2C1. The molecule has 0 radical (unpaired) electrons. The summed E-state index contributed by atoms with van der Waals surface area (Å²) in [6.07, 6.45) is 4.72. The van der Waals surface area contributed by atoms with Crippen LogP contribution in [0.4, 0.5) is 0 Å². The fraction of sp³-hybridized carbons (Fsp3) is 0.692. The van der Waals surface area contributed by atoms with Crippen LogP contribution in [0.25, 0.3) is 4.96 Å². The van der Waals surface area contributed by atoms with E-state index in [-0.39, 0.29) is 0 Å². The molecular formula is C13H18BrN3S. The Hall–Kier alpha value is -0.420. The highest BCUT2D eigenvalue weighted by Gasteiger charge is 2.33. The molecule has 2 aromatic rings. The molecule has 1 atom stereocenters. The highest BCUT2D eigenvalue weighted by molar-refractivity contribution is 9.11. The van der Waals surface area contributed by atoms with E-state index < -0.39 is 0 Å². The van der Waals surface area contributed by atoms with E-state index >= 15 is 0 Å². The molecular weight excluding hydrogens is 310 g/mol. The van der Waals surface area contributed by atoms with Gasteiger partial charge in [-0.2, -0.15) is 0 Å². The van der Waals surface area contributed by atoms with Crippen molar-refractivity contribution < 1.29 is 0 Å². The monoisotopic (exact) mass is 327 g/mol. The predicted molar refractivity (Wildman–Crippen MR) is 78.2 cm³/mol. The van der Waals surface area contributed by atoms with Gasteiger partial charge in [0, 0.05) is 0 Å². The van der Waals surface area contributed by atoms with E-state index in [0.717, 1.165) is 27.6 Å². The molecule has 0 amide bonds. The van der Waals surface area contributed by atoms with Crippen molar-refractivity contribution >= 4 is 32.2 Å². The first kappa shape index (κ1) is 12.6. The quantitative estimate of drug-likeness (QED) is 0.831. The maximum absolute atomic E-state index is 4.71. The average Bonchev–Trinajstić information content (AvgIpc) is 2.84. The molecule has 0 saturated carbocycles. The van der Waals surface area contributed by atoms with Crippen molar-refractivity contribution in [3.63, 3.8) is 0 Å². The van der Waals surface area contributed by atoms with E-state index in [1.807, 2.05) is 4.52 Å². The molecule has 0 aromatic carbocycles. The summed E-state index contributed by atoms with van der Waals surface area (Å²) in [4.78, 5) is 5.73. The van der Waals surface area contributed by atoms with Crippen LogP contribution in [0.15, 0.2) is 3.92 Å². The summed E-state index contributed by atoms with van der Waals surface area (Å²) in [5, 5.41) is 4.52. The Morgan fingerprint density at radius 3 is 3.00 bits per heavy atom. The smallest absolute Gasteiger partial charge is 0.213 e. The third kappa shape index (κ3) is 1.92. The molecule has 0 N–H and O–H groups in total. The van der Waals surface area contributed by atoms with Crippen LogP contribution in [-0.4, -0.2) is 14.6 Å². The van der Waals surface area contributed by atoms with Gasteiger partial charge in [-0.25, -0.2) is 9.50 Å². The molecule has 18 heavy (non-hydrogen) atoms. The lowest BCUT2D eigenvalue weighted by atomic mass is 9.70. The summed E-state index contributed by atoms with van der Waals surface area (Å²) in [7, 11) is 0. The van der Waals surface area contributed by atoms with Crippen LogP contribution in [0.3, 0.4) is 0 Å². The van der Waals surface area contributed by atoms with Crippen molar-refractivity contribution in [3.05, 3.63) is 15.3 Å². The number of fused-ring (bicyclic) bond motifs is 3. The predicted octanol–water partition coefficient (Wildman–Crippen LogP) is 4.09. The van der Waals surface area contributed by atoms with Crippen molar-refractivity contribution in [3.8, 4) is 0 Å². The largest absolute Gasteiger partial charge is 0.222 e. The van der Waals surface area contributed by atoms with Crippen LogP contribution < -0.4 is 0 Å². The van der Waals surface area contributed by atoms with Crippen LogP contribution in [0, 0.1) is 11.3 Å². The maximum Gasteiger partial charge on any atom is 0.213 e. The zero-order valence-electron chi connectivity index (χ0n) is 11.0. The number of rotatable bonds is 2. The summed E-state index contributed by atoms with van der Waals surface area (Å²) in [5.41, 5.74) is 3.02. The average molecular weight is 328 g/mol. The number of nitrogens with zero attached hydrogens (tertiary/aromatic N) is 3. The molecule has 0 aliphatic heterocycles. The van der Waals surface area contributed by atoms with Gasteiger partial charge in [-0.3, -0.25) is 0 Å². The molecule has 0 bridgehead atoms. The Bertz CT molecular complexity index is 584. The topological polar surface area (TPSA) is 30.2 Å². The minimum Gasteiger partial charge on any atom is -0.222 e. The number of aromatic nitrogens is 3. The molecule has 0 spiro atoms. The lowest BCUT2D eigenvalue weighted by Gasteiger charge is -2.35. The first-order valence-corrected chi connectivity index (χ1v) is 8.15. The minimum atomic E-state index is 0.412. The molecule has 3 nitrogen and oxygen atoms in total. The second kappa shape index (κ2) is 4.30. The molecule has 98 valence electrons. The second-order valence-electron chi connectivity index (χ2n) is 5.84. The zero-order chi connectivity index (χ0) is 12.9. The normalized spacial score (nSPS) is 20.3. The van der Waals surface area contributed by atoms with Gasteiger partial charge in [0.05, 0.1) is 11.4 Å². The summed E-state index contributed by atoms with van der Waals surface area (Å²) in [6.45, 7) is 7.07. The lowest BCUT2D eigenvalue weighted by molar-refractivity contribution is 0.180. The van der Waals surface area contributed by atoms with Crippen molar-refractivity contribution in [1.82, 2.24) is 14.6 Å². The molecule has 1 aliphatic carbocycles. The van der Waals surface area contributed by atoms with Gasteiger partial charge in [0.2, 0.25) is 4.96 Å². The molecule has 2 heterocycles. The van der Waals surface area contributed by atoms with Crippen LogP contribution in [0.5, 0.6) is 0 Å². The Morgan fingerprint density at radius 2 is 2.28 bits per heavy atom. The molecule has 1 aliphatic rings. The molecule has 0 fully saturated rings. The highest BCUT2D eigenvalue weighted by Crippen LogP contribution is 2.40. The van der Waals surface area contributed by atoms with E-state index in [9.17, 15) is 0 Å². The van der Waals surface area contributed by atoms with Gasteiger partial charge in [-0.05, 0) is 46.5 Å². The Kier molecular flexibility index (Phi) is 3.01. The lowest BCUT2D eigenvalue weighted by Crippen LogP contribution is -2.29. The third-order valence-corrected chi connectivity index (χ3v) is 5.88. The molecule has 1 unspecified atom stereocenters. The van der Waals surface area contributed by atoms with Gasteiger partial charge in [-0.15, -0.1) is 5.10 Å². The second-order valence-corrected chi connectivity index (χ2v) is 8.07. The first-order valence-electron chi connectivity index (χ1n) is 6.54. The Balaban J connectivity index is 2.00.